The predicted molar refractivity (Wildman–Crippen MR) is 145 cm³/mol. The zero-order chi connectivity index (χ0) is 25.4. The summed E-state index contributed by atoms with van der Waals surface area (Å²) in [5, 5.41) is 6.22. The van der Waals surface area contributed by atoms with Crippen molar-refractivity contribution >= 4 is 39.6 Å². The van der Waals surface area contributed by atoms with Crippen LogP contribution in [0.1, 0.15) is 55.9 Å². The minimum absolute atomic E-state index is 0.0814. The maximum absolute atomic E-state index is 13.4. The number of carbonyl (C=O) groups excluding carboxylic acids is 2. The molecule has 0 saturated carbocycles. The van der Waals surface area contributed by atoms with Gasteiger partial charge in [0.05, 0.1) is 11.7 Å². The molecule has 0 aliphatic carbocycles. The van der Waals surface area contributed by atoms with E-state index in [4.69, 9.17) is 0 Å². The monoisotopic (exact) mass is 530 g/mol. The lowest BCUT2D eigenvalue weighted by Crippen LogP contribution is -2.31. The van der Waals surface area contributed by atoms with Gasteiger partial charge in [-0.25, -0.2) is 9.97 Å². The molecule has 1 N–H and O–H groups in total. The first-order valence-electron chi connectivity index (χ1n) is 12.3. The number of amides is 2. The maximum Gasteiger partial charge on any atom is 0.273 e. The number of aromatic nitrogens is 3. The second kappa shape index (κ2) is 10.1. The number of likely N-dealkylation sites (N-methyl/N-ethyl adjacent to an activating group) is 1. The van der Waals surface area contributed by atoms with Crippen LogP contribution in [0.25, 0.3) is 10.6 Å². The van der Waals surface area contributed by atoms with Crippen LogP contribution in [0.4, 0.5) is 5.13 Å². The number of benzene rings is 1. The SMILES string of the molecule is CN1CCc2nc(NC(=O)c3cccc([C@H]4CCCN4C(=O)c4csc(-c5cccnc5)n4)c3)sc2C1. The fourth-order valence-corrected chi connectivity index (χ4v) is 6.80. The highest BCUT2D eigenvalue weighted by Gasteiger charge is 2.32. The highest BCUT2D eigenvalue weighted by atomic mass is 32.1. The molecule has 37 heavy (non-hydrogen) atoms. The second-order valence-electron chi connectivity index (χ2n) is 9.39. The molecule has 1 saturated heterocycles. The first-order valence-corrected chi connectivity index (χ1v) is 14.0. The van der Waals surface area contributed by atoms with E-state index in [1.54, 1.807) is 23.7 Å². The van der Waals surface area contributed by atoms with Crippen LogP contribution in [-0.2, 0) is 13.0 Å². The molecule has 1 fully saturated rings. The highest BCUT2D eigenvalue weighted by molar-refractivity contribution is 7.16. The molecule has 2 aliphatic rings. The van der Waals surface area contributed by atoms with Crippen LogP contribution < -0.4 is 5.32 Å². The van der Waals surface area contributed by atoms with Crippen molar-refractivity contribution in [3.05, 3.63) is 81.6 Å². The highest BCUT2D eigenvalue weighted by Crippen LogP contribution is 2.35. The molecule has 8 nitrogen and oxygen atoms in total. The molecule has 6 rings (SSSR count). The van der Waals surface area contributed by atoms with E-state index in [0.29, 0.717) is 22.9 Å². The average molecular weight is 531 g/mol. The molecule has 3 aromatic heterocycles. The zero-order valence-electron chi connectivity index (χ0n) is 20.4. The number of anilines is 1. The van der Waals surface area contributed by atoms with Crippen molar-refractivity contribution in [2.24, 2.45) is 0 Å². The Morgan fingerprint density at radius 1 is 1.14 bits per heavy atom. The number of rotatable bonds is 5. The van der Waals surface area contributed by atoms with Gasteiger partial charge in [-0.3, -0.25) is 19.9 Å². The standard InChI is InChI=1S/C27H26N6O2S2/c1-32-12-9-20-23(15-32)37-27(30-20)31-24(34)18-6-2-5-17(13-18)22-8-4-11-33(22)26(35)21-16-36-25(29-21)19-7-3-10-28-14-19/h2-3,5-7,10,13-14,16,22H,4,8-9,11-12,15H2,1H3,(H,30,31,34)/t22-/m1/s1. The number of pyridine rings is 1. The molecule has 1 atom stereocenters. The minimum Gasteiger partial charge on any atom is -0.330 e. The van der Waals surface area contributed by atoms with Gasteiger partial charge in [-0.15, -0.1) is 22.7 Å². The summed E-state index contributed by atoms with van der Waals surface area (Å²) in [6.07, 6.45) is 6.13. The Morgan fingerprint density at radius 3 is 2.92 bits per heavy atom. The predicted octanol–water partition coefficient (Wildman–Crippen LogP) is 4.88. The van der Waals surface area contributed by atoms with E-state index < -0.39 is 0 Å². The van der Waals surface area contributed by atoms with E-state index in [1.165, 1.54) is 16.2 Å². The van der Waals surface area contributed by atoms with Crippen LogP contribution in [-0.4, -0.2) is 56.7 Å². The van der Waals surface area contributed by atoms with Crippen molar-refractivity contribution in [1.82, 2.24) is 24.8 Å². The van der Waals surface area contributed by atoms with Crippen LogP contribution in [0.2, 0.25) is 0 Å². The number of nitrogens with zero attached hydrogens (tertiary/aromatic N) is 5. The third-order valence-electron chi connectivity index (χ3n) is 6.82. The van der Waals surface area contributed by atoms with Gasteiger partial charge in [-0.2, -0.15) is 0 Å². The van der Waals surface area contributed by atoms with Gasteiger partial charge in [0.25, 0.3) is 11.8 Å². The third-order valence-corrected chi connectivity index (χ3v) is 8.71. The Morgan fingerprint density at radius 2 is 2.05 bits per heavy atom. The lowest BCUT2D eigenvalue weighted by Gasteiger charge is -2.24. The molecule has 0 spiro atoms. The summed E-state index contributed by atoms with van der Waals surface area (Å²) < 4.78 is 0. The quantitative estimate of drug-likeness (QED) is 0.396. The average Bonchev–Trinajstić information content (AvgIpc) is 3.68. The van der Waals surface area contributed by atoms with Gasteiger partial charge in [0, 0.05) is 59.8 Å². The van der Waals surface area contributed by atoms with Crippen molar-refractivity contribution in [2.75, 3.05) is 25.5 Å². The summed E-state index contributed by atoms with van der Waals surface area (Å²) in [4.78, 5) is 45.2. The molecular weight excluding hydrogens is 504 g/mol. The minimum atomic E-state index is -0.183. The third kappa shape index (κ3) is 4.92. The van der Waals surface area contributed by atoms with Crippen LogP contribution in [0.15, 0.2) is 54.2 Å². The van der Waals surface area contributed by atoms with Crippen molar-refractivity contribution < 1.29 is 9.59 Å². The number of nitrogens with one attached hydrogen (secondary N) is 1. The van der Waals surface area contributed by atoms with Gasteiger partial charge in [0.15, 0.2) is 5.13 Å². The smallest absolute Gasteiger partial charge is 0.273 e. The van der Waals surface area contributed by atoms with E-state index in [9.17, 15) is 9.59 Å². The van der Waals surface area contributed by atoms with E-state index in [1.807, 2.05) is 46.7 Å². The summed E-state index contributed by atoms with van der Waals surface area (Å²) in [6, 6.07) is 11.3. The first-order chi connectivity index (χ1) is 18.0. The number of hydrogen-bond donors (Lipinski definition) is 1. The van der Waals surface area contributed by atoms with Gasteiger partial charge < -0.3 is 9.80 Å². The van der Waals surface area contributed by atoms with Crippen LogP contribution in [0.3, 0.4) is 0 Å². The molecule has 10 heteroatoms. The molecule has 0 radical (unpaired) electrons. The molecule has 2 aliphatic heterocycles. The molecule has 188 valence electrons. The normalized spacial score (nSPS) is 17.5. The van der Waals surface area contributed by atoms with Gasteiger partial charge in [-0.05, 0) is 49.7 Å². The first kappa shape index (κ1) is 23.9. The molecule has 1 aromatic carbocycles. The zero-order valence-corrected chi connectivity index (χ0v) is 22.0. The number of likely N-dealkylation sites (tertiary alicyclic amines) is 1. The fourth-order valence-electron chi connectivity index (χ4n) is 4.93. The van der Waals surface area contributed by atoms with Crippen molar-refractivity contribution in [2.45, 2.75) is 31.8 Å². The van der Waals surface area contributed by atoms with Crippen molar-refractivity contribution in [3.8, 4) is 10.6 Å². The lowest BCUT2D eigenvalue weighted by molar-refractivity contribution is 0.0730. The van der Waals surface area contributed by atoms with Crippen LogP contribution >= 0.6 is 22.7 Å². The van der Waals surface area contributed by atoms with Gasteiger partial charge in [0.1, 0.15) is 10.7 Å². The Kier molecular flexibility index (Phi) is 6.54. The molecule has 0 unspecified atom stereocenters. The lowest BCUT2D eigenvalue weighted by atomic mass is 10.0. The van der Waals surface area contributed by atoms with E-state index in [-0.39, 0.29) is 17.9 Å². The molecule has 0 bridgehead atoms. The fraction of sp³-hybridized carbons (Fsp3) is 0.296. The van der Waals surface area contributed by atoms with E-state index in [2.05, 4.69) is 32.2 Å². The molecule has 5 heterocycles. The molecule has 4 aromatic rings. The summed E-state index contributed by atoms with van der Waals surface area (Å²) in [7, 11) is 2.09. The number of carbonyl (C=O) groups is 2. The number of hydrogen-bond acceptors (Lipinski definition) is 8. The van der Waals surface area contributed by atoms with Gasteiger partial charge in [0.2, 0.25) is 0 Å². The summed E-state index contributed by atoms with van der Waals surface area (Å²) in [5.74, 6) is -0.264. The van der Waals surface area contributed by atoms with Crippen molar-refractivity contribution in [3.63, 3.8) is 0 Å². The summed E-state index contributed by atoms with van der Waals surface area (Å²) in [5.41, 5.74) is 3.95. The Hall–Kier alpha value is -3.47. The van der Waals surface area contributed by atoms with Crippen LogP contribution in [0.5, 0.6) is 0 Å². The van der Waals surface area contributed by atoms with Crippen LogP contribution in [0, 0.1) is 0 Å². The largest absolute Gasteiger partial charge is 0.330 e. The molecular formula is C27H26N6O2S2. The van der Waals surface area contributed by atoms with E-state index in [0.717, 1.165) is 54.2 Å². The summed E-state index contributed by atoms with van der Waals surface area (Å²) in [6.45, 7) is 2.51. The van der Waals surface area contributed by atoms with Gasteiger partial charge >= 0.3 is 0 Å². The Bertz CT molecular complexity index is 1450. The van der Waals surface area contributed by atoms with E-state index >= 15 is 0 Å². The topological polar surface area (TPSA) is 91.3 Å². The Balaban J connectivity index is 1.18. The summed E-state index contributed by atoms with van der Waals surface area (Å²) >= 11 is 2.99. The number of fused-ring (bicyclic) bond motifs is 1. The van der Waals surface area contributed by atoms with Gasteiger partial charge in [-0.1, -0.05) is 12.1 Å². The van der Waals surface area contributed by atoms with Crippen molar-refractivity contribution in [1.29, 1.82) is 0 Å². The maximum atomic E-state index is 13.4. The molecule has 2 amide bonds. The Labute approximate surface area is 223 Å². The second-order valence-corrected chi connectivity index (χ2v) is 11.3. The number of thiazole rings is 2.